The second-order valence-corrected chi connectivity index (χ2v) is 11.9. The smallest absolute Gasteiger partial charge is 0.131 e. The average molecular weight is 526 g/mol. The maximum absolute atomic E-state index is 9.09. The quantitative estimate of drug-likeness (QED) is 0.215. The first-order chi connectivity index (χ1) is 18.5. The van der Waals surface area contributed by atoms with Crippen LogP contribution in [0.3, 0.4) is 0 Å². The normalized spacial score (nSPS) is 12.6. The van der Waals surface area contributed by atoms with Crippen LogP contribution in [-0.4, -0.2) is 0 Å². The van der Waals surface area contributed by atoms with Crippen molar-refractivity contribution in [2.45, 2.75) is 19.3 Å². The van der Waals surface area contributed by atoms with Gasteiger partial charge in [-0.05, 0) is 77.4 Å². The predicted octanol–water partition coefficient (Wildman–Crippen LogP) is 9.68. The van der Waals surface area contributed by atoms with Gasteiger partial charge in [0, 0.05) is 42.0 Å². The highest BCUT2D eigenvalue weighted by molar-refractivity contribution is 7.24. The van der Waals surface area contributed by atoms with Crippen LogP contribution in [0.4, 0.5) is 17.1 Å². The Hall–Kier alpha value is -4.42. The first kappa shape index (κ1) is 23.9. The fraction of sp³-hybridized carbons (Fsp3) is 0.0909. The summed E-state index contributed by atoms with van der Waals surface area (Å²) in [5, 5.41) is 18.2. The Morgan fingerprint density at radius 2 is 1.37 bits per heavy atom. The van der Waals surface area contributed by atoms with E-state index in [0.29, 0.717) is 0 Å². The summed E-state index contributed by atoms with van der Waals surface area (Å²) < 4.78 is 0. The van der Waals surface area contributed by atoms with E-state index in [1.54, 1.807) is 17.4 Å². The van der Waals surface area contributed by atoms with Crippen LogP contribution in [0.1, 0.15) is 29.9 Å². The summed E-state index contributed by atoms with van der Waals surface area (Å²) in [5.41, 5.74) is 7.36. The summed E-state index contributed by atoms with van der Waals surface area (Å²) in [4.78, 5) is 6.91. The van der Waals surface area contributed by atoms with Crippen molar-refractivity contribution in [3.63, 3.8) is 0 Å². The number of rotatable bonds is 5. The summed E-state index contributed by atoms with van der Waals surface area (Å²) in [7, 11) is 0. The van der Waals surface area contributed by atoms with Gasteiger partial charge in [-0.25, -0.2) is 0 Å². The molecule has 5 aromatic rings. The number of benzene rings is 3. The van der Waals surface area contributed by atoms with Gasteiger partial charge in [-0.1, -0.05) is 56.3 Å². The van der Waals surface area contributed by atoms with E-state index < -0.39 is 0 Å². The third kappa shape index (κ3) is 4.03. The molecule has 38 heavy (non-hydrogen) atoms. The van der Waals surface area contributed by atoms with Gasteiger partial charge in [0.1, 0.15) is 17.7 Å². The van der Waals surface area contributed by atoms with E-state index in [-0.39, 0.29) is 11.0 Å². The van der Waals surface area contributed by atoms with Crippen LogP contribution in [0.5, 0.6) is 0 Å². The highest BCUT2D eigenvalue weighted by atomic mass is 32.1. The summed E-state index contributed by atoms with van der Waals surface area (Å²) >= 11 is 3.43. The van der Waals surface area contributed by atoms with E-state index in [1.165, 1.54) is 26.4 Å². The van der Waals surface area contributed by atoms with E-state index in [9.17, 15) is 0 Å². The molecule has 0 N–H and O–H groups in total. The van der Waals surface area contributed by atoms with Gasteiger partial charge in [-0.2, -0.15) is 10.5 Å². The number of thiophene rings is 2. The number of nitriles is 2. The topological polar surface area (TPSA) is 50.8 Å². The lowest BCUT2D eigenvalue weighted by Crippen LogP contribution is -2.16. The molecule has 0 fully saturated rings. The van der Waals surface area contributed by atoms with E-state index in [0.717, 1.165) is 26.8 Å². The Labute approximate surface area is 230 Å². The van der Waals surface area contributed by atoms with Crippen LogP contribution in [0.25, 0.3) is 26.3 Å². The van der Waals surface area contributed by atoms with Crippen LogP contribution in [0, 0.1) is 22.7 Å². The molecular weight excluding hydrogens is 503 g/mol. The molecule has 3 aromatic carbocycles. The van der Waals surface area contributed by atoms with Crippen molar-refractivity contribution in [3.8, 4) is 32.3 Å². The molecule has 0 saturated carbocycles. The lowest BCUT2D eigenvalue weighted by molar-refractivity contribution is 0.662. The molecule has 182 valence electrons. The third-order valence-corrected chi connectivity index (χ3v) is 9.41. The van der Waals surface area contributed by atoms with E-state index in [4.69, 9.17) is 10.5 Å². The number of nitrogens with zero attached hydrogens (tertiary/aromatic N) is 3. The minimum Gasteiger partial charge on any atom is -0.310 e. The Morgan fingerprint density at radius 3 is 2.00 bits per heavy atom. The molecule has 2 aromatic heterocycles. The van der Waals surface area contributed by atoms with E-state index >= 15 is 0 Å². The lowest BCUT2D eigenvalue weighted by atomic mass is 9.82. The molecule has 0 radical (unpaired) electrons. The lowest BCUT2D eigenvalue weighted by Gasteiger charge is -2.28. The van der Waals surface area contributed by atoms with Crippen molar-refractivity contribution >= 4 is 45.8 Å². The summed E-state index contributed by atoms with van der Waals surface area (Å²) in [5.74, 6) is 0. The SMILES string of the molecule is CC1(C)c2cc(N(c3ccccc3)c3ccccc3)ccc2-c2sc(-c3ccc(C=C(C#N)C#N)s3)cc21. The number of hydrogen-bond donors (Lipinski definition) is 0. The van der Waals surface area contributed by atoms with Gasteiger partial charge in [-0.3, -0.25) is 0 Å². The highest BCUT2D eigenvalue weighted by Crippen LogP contribution is 2.55. The monoisotopic (exact) mass is 525 g/mol. The summed E-state index contributed by atoms with van der Waals surface area (Å²) in [6.45, 7) is 4.62. The van der Waals surface area contributed by atoms with Gasteiger partial charge in [0.2, 0.25) is 0 Å². The number of anilines is 3. The van der Waals surface area contributed by atoms with Gasteiger partial charge >= 0.3 is 0 Å². The van der Waals surface area contributed by atoms with Crippen LogP contribution < -0.4 is 4.90 Å². The maximum Gasteiger partial charge on any atom is 0.131 e. The van der Waals surface area contributed by atoms with Gasteiger partial charge in [0.15, 0.2) is 0 Å². The zero-order valence-electron chi connectivity index (χ0n) is 21.0. The molecule has 0 atom stereocenters. The van der Waals surface area contributed by atoms with E-state index in [1.807, 2.05) is 41.7 Å². The van der Waals surface area contributed by atoms with Crippen LogP contribution in [0.2, 0.25) is 0 Å². The molecule has 0 unspecified atom stereocenters. The van der Waals surface area contributed by atoms with Gasteiger partial charge < -0.3 is 4.90 Å². The molecule has 5 heteroatoms. The van der Waals surface area contributed by atoms with Crippen molar-refractivity contribution in [3.05, 3.63) is 119 Å². The van der Waals surface area contributed by atoms with E-state index in [2.05, 4.69) is 97.6 Å². The molecule has 0 aliphatic heterocycles. The zero-order chi connectivity index (χ0) is 26.3. The van der Waals surface area contributed by atoms with Crippen LogP contribution >= 0.6 is 22.7 Å². The molecule has 1 aliphatic rings. The minimum atomic E-state index is -0.136. The molecule has 3 nitrogen and oxygen atoms in total. The number of fused-ring (bicyclic) bond motifs is 3. The number of allylic oxidation sites excluding steroid dienone is 1. The van der Waals surface area contributed by atoms with Crippen molar-refractivity contribution in [1.82, 2.24) is 0 Å². The minimum absolute atomic E-state index is 0.123. The Balaban J connectivity index is 1.41. The second-order valence-electron chi connectivity index (χ2n) is 9.70. The Bertz CT molecular complexity index is 1700. The Kier molecular flexibility index (Phi) is 5.97. The largest absolute Gasteiger partial charge is 0.310 e. The van der Waals surface area contributed by atoms with Crippen molar-refractivity contribution in [2.75, 3.05) is 4.90 Å². The average Bonchev–Trinajstić information content (AvgIpc) is 3.65. The first-order valence-corrected chi connectivity index (χ1v) is 13.9. The predicted molar refractivity (Wildman–Crippen MR) is 159 cm³/mol. The highest BCUT2D eigenvalue weighted by Gasteiger charge is 2.38. The molecule has 0 amide bonds. The summed E-state index contributed by atoms with van der Waals surface area (Å²) in [6, 6.07) is 38.1. The second kappa shape index (κ2) is 9.47. The number of hydrogen-bond acceptors (Lipinski definition) is 5. The fourth-order valence-corrected chi connectivity index (χ4v) is 7.49. The third-order valence-electron chi connectivity index (χ3n) is 7.01. The standard InChI is InChI=1S/C33H23N3S2/c1-33(2)28-18-25(36(23-9-5-3-6-10-23)24-11-7-4-8-12-24)13-15-27(28)32-29(33)19-31(38-32)30-16-14-26(37-30)17-22(20-34)21-35/h3-19H,1-2H3. The van der Waals surface area contributed by atoms with Gasteiger partial charge in [-0.15, -0.1) is 22.7 Å². The van der Waals surface area contributed by atoms with Crippen molar-refractivity contribution in [2.24, 2.45) is 0 Å². The molecule has 0 saturated heterocycles. The molecule has 0 bridgehead atoms. The molecule has 2 heterocycles. The maximum atomic E-state index is 9.09. The molecule has 0 spiro atoms. The van der Waals surface area contributed by atoms with Crippen molar-refractivity contribution < 1.29 is 0 Å². The fourth-order valence-electron chi connectivity index (χ4n) is 5.10. The van der Waals surface area contributed by atoms with Crippen LogP contribution in [-0.2, 0) is 5.41 Å². The Morgan fingerprint density at radius 1 is 0.711 bits per heavy atom. The molecule has 1 aliphatic carbocycles. The van der Waals surface area contributed by atoms with Gasteiger partial charge in [0.05, 0.1) is 0 Å². The van der Waals surface area contributed by atoms with Gasteiger partial charge in [0.25, 0.3) is 0 Å². The number of para-hydroxylation sites is 2. The molecule has 6 rings (SSSR count). The zero-order valence-corrected chi connectivity index (χ0v) is 22.6. The first-order valence-electron chi connectivity index (χ1n) is 12.3. The summed E-state index contributed by atoms with van der Waals surface area (Å²) in [6.07, 6.45) is 1.65. The van der Waals surface area contributed by atoms with Crippen LogP contribution in [0.15, 0.2) is 103 Å². The molecular formula is C33H23N3S2. The van der Waals surface area contributed by atoms with Crippen molar-refractivity contribution in [1.29, 1.82) is 10.5 Å².